The number of hydrogen-bond acceptors (Lipinski definition) is 3. The van der Waals surface area contributed by atoms with Crippen LogP contribution in [0, 0.1) is 16.7 Å². The van der Waals surface area contributed by atoms with Crippen molar-refractivity contribution in [3.05, 3.63) is 0 Å². The second kappa shape index (κ2) is 6.71. The van der Waals surface area contributed by atoms with Crippen LogP contribution in [0.3, 0.4) is 0 Å². The zero-order valence-corrected chi connectivity index (χ0v) is 13.6. The molecule has 0 aromatic heterocycles. The van der Waals surface area contributed by atoms with Crippen LogP contribution in [-0.4, -0.2) is 52.9 Å². The minimum absolute atomic E-state index is 0.244. The molecule has 0 N–H and O–H groups in total. The Kier molecular flexibility index (Phi) is 5.86. The maximum atomic E-state index is 11.6. The number of likely N-dealkylation sites (tertiary alicyclic amines) is 1. The SMILES string of the molecule is CN(CC(C)(C)C#N)C1CCN(C(=O)CI)CC1. The molecule has 1 aliphatic rings. The Morgan fingerprint density at radius 1 is 1.50 bits per heavy atom. The van der Waals surface area contributed by atoms with Crippen LogP contribution in [0.4, 0.5) is 0 Å². The maximum absolute atomic E-state index is 11.6. The van der Waals surface area contributed by atoms with E-state index in [1.165, 1.54) is 0 Å². The number of rotatable bonds is 4. The molecule has 1 rings (SSSR count). The first-order valence-electron chi connectivity index (χ1n) is 6.35. The number of nitrogens with zero attached hydrogens (tertiary/aromatic N) is 3. The Labute approximate surface area is 123 Å². The molecule has 0 aromatic carbocycles. The van der Waals surface area contributed by atoms with E-state index in [0.29, 0.717) is 10.5 Å². The van der Waals surface area contributed by atoms with Gasteiger partial charge in [0.2, 0.25) is 5.91 Å². The van der Waals surface area contributed by atoms with Crippen LogP contribution in [0.25, 0.3) is 0 Å². The van der Waals surface area contributed by atoms with E-state index in [2.05, 4.69) is 40.6 Å². The Hall–Kier alpha value is -0.350. The van der Waals surface area contributed by atoms with Crippen molar-refractivity contribution in [2.45, 2.75) is 32.7 Å². The van der Waals surface area contributed by atoms with Crippen molar-refractivity contribution in [1.29, 1.82) is 5.26 Å². The lowest BCUT2D eigenvalue weighted by molar-refractivity contribution is -0.129. The third-order valence-corrected chi connectivity index (χ3v) is 4.15. The fourth-order valence-electron chi connectivity index (χ4n) is 2.43. The van der Waals surface area contributed by atoms with E-state index in [1.807, 2.05) is 18.7 Å². The number of halogens is 1. The molecule has 0 unspecified atom stereocenters. The Balaban J connectivity index is 2.43. The van der Waals surface area contributed by atoms with E-state index in [9.17, 15) is 4.79 Å². The van der Waals surface area contributed by atoms with Gasteiger partial charge in [0, 0.05) is 25.7 Å². The minimum Gasteiger partial charge on any atom is -0.342 e. The number of hydrogen-bond donors (Lipinski definition) is 0. The highest BCUT2D eigenvalue weighted by Crippen LogP contribution is 2.21. The standard InChI is InChI=1S/C13H22IN3O/c1-13(2,9-15)10-16(3)11-4-6-17(7-5-11)12(18)8-14/h11H,4-8,10H2,1-3H3. The molecule has 1 saturated heterocycles. The third kappa shape index (κ3) is 4.39. The molecule has 0 spiro atoms. The molecule has 1 amide bonds. The lowest BCUT2D eigenvalue weighted by atomic mass is 9.93. The van der Waals surface area contributed by atoms with Crippen molar-refractivity contribution in [3.8, 4) is 6.07 Å². The predicted molar refractivity (Wildman–Crippen MR) is 80.5 cm³/mol. The largest absolute Gasteiger partial charge is 0.342 e. The van der Waals surface area contributed by atoms with Gasteiger partial charge in [-0.25, -0.2) is 0 Å². The molecule has 1 aliphatic heterocycles. The zero-order chi connectivity index (χ0) is 13.8. The first kappa shape index (κ1) is 15.7. The van der Waals surface area contributed by atoms with Crippen molar-refractivity contribution in [3.63, 3.8) is 0 Å². The van der Waals surface area contributed by atoms with Gasteiger partial charge < -0.3 is 9.80 Å². The fourth-order valence-corrected chi connectivity index (χ4v) is 2.91. The smallest absolute Gasteiger partial charge is 0.232 e. The van der Waals surface area contributed by atoms with Gasteiger partial charge in [-0.15, -0.1) is 0 Å². The summed E-state index contributed by atoms with van der Waals surface area (Å²) in [6.07, 6.45) is 2.03. The summed E-state index contributed by atoms with van der Waals surface area (Å²) in [4.78, 5) is 15.8. The number of alkyl halides is 1. The van der Waals surface area contributed by atoms with Crippen LogP contribution in [0.15, 0.2) is 0 Å². The van der Waals surface area contributed by atoms with Crippen LogP contribution in [-0.2, 0) is 4.79 Å². The van der Waals surface area contributed by atoms with Crippen molar-refractivity contribution in [1.82, 2.24) is 9.80 Å². The molecule has 0 aromatic rings. The van der Waals surface area contributed by atoms with Crippen LogP contribution < -0.4 is 0 Å². The lowest BCUT2D eigenvalue weighted by Gasteiger charge is -2.38. The summed E-state index contributed by atoms with van der Waals surface area (Å²) in [7, 11) is 2.08. The van der Waals surface area contributed by atoms with Gasteiger partial charge in [-0.05, 0) is 33.7 Å². The van der Waals surface area contributed by atoms with Crippen LogP contribution >= 0.6 is 22.6 Å². The molecule has 1 fully saturated rings. The molecule has 0 radical (unpaired) electrons. The van der Waals surface area contributed by atoms with E-state index < -0.39 is 0 Å². The molecular formula is C13H22IN3O. The van der Waals surface area contributed by atoms with Crippen molar-refractivity contribution < 1.29 is 4.79 Å². The van der Waals surface area contributed by atoms with Crippen molar-refractivity contribution in [2.24, 2.45) is 5.41 Å². The molecular weight excluding hydrogens is 341 g/mol. The molecule has 18 heavy (non-hydrogen) atoms. The first-order chi connectivity index (χ1) is 8.39. The van der Waals surface area contributed by atoms with Gasteiger partial charge in [0.05, 0.1) is 15.9 Å². The minimum atomic E-state index is -0.302. The number of nitriles is 1. The van der Waals surface area contributed by atoms with Gasteiger partial charge in [0.15, 0.2) is 0 Å². The van der Waals surface area contributed by atoms with Gasteiger partial charge in [0.1, 0.15) is 0 Å². The molecule has 102 valence electrons. The first-order valence-corrected chi connectivity index (χ1v) is 7.87. The van der Waals surface area contributed by atoms with E-state index in [0.717, 1.165) is 32.5 Å². The van der Waals surface area contributed by atoms with Crippen LogP contribution in [0.1, 0.15) is 26.7 Å². The topological polar surface area (TPSA) is 47.3 Å². The van der Waals surface area contributed by atoms with Gasteiger partial charge in [-0.1, -0.05) is 22.6 Å². The molecule has 0 bridgehead atoms. The van der Waals surface area contributed by atoms with Crippen LogP contribution in [0.5, 0.6) is 0 Å². The highest BCUT2D eigenvalue weighted by Gasteiger charge is 2.28. The molecule has 0 aliphatic carbocycles. The monoisotopic (exact) mass is 363 g/mol. The average Bonchev–Trinajstić information content (AvgIpc) is 2.37. The van der Waals surface area contributed by atoms with Gasteiger partial charge >= 0.3 is 0 Å². The Morgan fingerprint density at radius 2 is 2.06 bits per heavy atom. The summed E-state index contributed by atoms with van der Waals surface area (Å²) in [5, 5.41) is 9.06. The maximum Gasteiger partial charge on any atom is 0.232 e. The fraction of sp³-hybridized carbons (Fsp3) is 0.846. The predicted octanol–water partition coefficient (Wildman–Crippen LogP) is 1.89. The summed E-state index contributed by atoms with van der Waals surface area (Å²) in [6, 6.07) is 2.84. The van der Waals surface area contributed by atoms with E-state index >= 15 is 0 Å². The Bertz CT molecular complexity index is 330. The van der Waals surface area contributed by atoms with E-state index in [-0.39, 0.29) is 11.3 Å². The quantitative estimate of drug-likeness (QED) is 0.566. The van der Waals surface area contributed by atoms with Gasteiger partial charge in [-0.2, -0.15) is 5.26 Å². The van der Waals surface area contributed by atoms with E-state index in [1.54, 1.807) is 0 Å². The summed E-state index contributed by atoms with van der Waals surface area (Å²) in [5.41, 5.74) is -0.302. The molecule has 0 atom stereocenters. The lowest BCUT2D eigenvalue weighted by Crippen LogP contribution is -2.47. The zero-order valence-electron chi connectivity index (χ0n) is 11.4. The number of piperidine rings is 1. The molecule has 5 heteroatoms. The summed E-state index contributed by atoms with van der Waals surface area (Å²) >= 11 is 2.12. The molecule has 1 heterocycles. The summed E-state index contributed by atoms with van der Waals surface area (Å²) < 4.78 is 0.569. The molecule has 4 nitrogen and oxygen atoms in total. The van der Waals surface area contributed by atoms with Crippen molar-refractivity contribution >= 4 is 28.5 Å². The highest BCUT2D eigenvalue weighted by atomic mass is 127. The Morgan fingerprint density at radius 3 is 2.50 bits per heavy atom. The summed E-state index contributed by atoms with van der Waals surface area (Å²) in [5.74, 6) is 0.244. The number of amides is 1. The second-order valence-electron chi connectivity index (χ2n) is 5.66. The van der Waals surface area contributed by atoms with Gasteiger partial charge in [0.25, 0.3) is 0 Å². The van der Waals surface area contributed by atoms with Crippen LogP contribution in [0.2, 0.25) is 0 Å². The third-order valence-electron chi connectivity index (χ3n) is 3.50. The molecule has 0 saturated carbocycles. The van der Waals surface area contributed by atoms with Crippen molar-refractivity contribution in [2.75, 3.05) is 31.1 Å². The number of carbonyl (C=O) groups excluding carboxylic acids is 1. The second-order valence-corrected chi connectivity index (χ2v) is 6.42. The number of carbonyl (C=O) groups is 1. The highest BCUT2D eigenvalue weighted by molar-refractivity contribution is 14.1. The average molecular weight is 363 g/mol. The summed E-state index contributed by atoms with van der Waals surface area (Å²) in [6.45, 7) is 6.43. The van der Waals surface area contributed by atoms with E-state index in [4.69, 9.17) is 5.26 Å². The van der Waals surface area contributed by atoms with Gasteiger partial charge in [-0.3, -0.25) is 4.79 Å². The normalized spacial score (nSPS) is 17.9.